The van der Waals surface area contributed by atoms with E-state index in [0.29, 0.717) is 13.1 Å². The quantitative estimate of drug-likeness (QED) is 0.663. The van der Waals surface area contributed by atoms with Gasteiger partial charge in [-0.05, 0) is 28.3 Å². The highest BCUT2D eigenvalue weighted by atomic mass is 16.3. The van der Waals surface area contributed by atoms with E-state index in [-0.39, 0.29) is 19.3 Å². The van der Waals surface area contributed by atoms with Gasteiger partial charge < -0.3 is 10.2 Å². The fraction of sp³-hybridized carbons (Fsp3) is 0.273. The van der Waals surface area contributed by atoms with E-state index in [9.17, 15) is 10.2 Å². The van der Waals surface area contributed by atoms with E-state index in [0.717, 1.165) is 6.42 Å². The first-order valence-corrected chi connectivity index (χ1v) is 8.81. The predicted octanol–water partition coefficient (Wildman–Crippen LogP) is 3.41. The van der Waals surface area contributed by atoms with Crippen molar-refractivity contribution in [1.82, 2.24) is 4.90 Å². The maximum Gasteiger partial charge on any atom is 0.0558 e. The minimum Gasteiger partial charge on any atom is -0.395 e. The molecule has 3 heteroatoms. The molecule has 3 nitrogen and oxygen atoms in total. The normalized spacial score (nSPS) is 12.6. The van der Waals surface area contributed by atoms with Gasteiger partial charge in [0, 0.05) is 19.1 Å². The van der Waals surface area contributed by atoms with Crippen LogP contribution in [0, 0.1) is 0 Å². The minimum absolute atomic E-state index is 0.0794. The largest absolute Gasteiger partial charge is 0.395 e. The highest BCUT2D eigenvalue weighted by molar-refractivity contribution is 5.86. The molecule has 3 aromatic carbocycles. The summed E-state index contributed by atoms with van der Waals surface area (Å²) in [4.78, 5) is 2.18. The second-order valence-electron chi connectivity index (χ2n) is 6.26. The Labute approximate surface area is 149 Å². The van der Waals surface area contributed by atoms with Crippen LogP contribution in [0.1, 0.15) is 17.2 Å². The molecule has 0 saturated carbocycles. The topological polar surface area (TPSA) is 43.7 Å². The molecule has 0 amide bonds. The zero-order chi connectivity index (χ0) is 17.5. The Hall–Kier alpha value is -2.20. The first-order valence-electron chi connectivity index (χ1n) is 8.81. The van der Waals surface area contributed by atoms with Crippen LogP contribution in [0.5, 0.6) is 0 Å². The molecule has 3 aromatic rings. The van der Waals surface area contributed by atoms with Crippen molar-refractivity contribution >= 4 is 10.8 Å². The zero-order valence-electron chi connectivity index (χ0n) is 14.4. The van der Waals surface area contributed by atoms with Crippen molar-refractivity contribution in [2.45, 2.75) is 12.5 Å². The Bertz CT molecular complexity index is 777. The van der Waals surface area contributed by atoms with Crippen molar-refractivity contribution in [2.75, 3.05) is 26.3 Å². The van der Waals surface area contributed by atoms with E-state index in [1.54, 1.807) is 0 Å². The van der Waals surface area contributed by atoms with Crippen LogP contribution in [0.15, 0.2) is 72.8 Å². The molecule has 0 spiro atoms. The van der Waals surface area contributed by atoms with Gasteiger partial charge in [-0.2, -0.15) is 0 Å². The molecule has 2 N–H and O–H groups in total. The number of benzene rings is 3. The Morgan fingerprint density at radius 3 is 2.08 bits per heavy atom. The standard InChI is InChI=1S/C22H25NO2/c24-15-13-23(14-16-25)22(17-18-7-2-1-3-8-18)21-12-6-10-19-9-4-5-11-20(19)21/h1-12,22,24-25H,13-17H2. The molecule has 0 bridgehead atoms. The predicted molar refractivity (Wildman–Crippen MR) is 103 cm³/mol. The van der Waals surface area contributed by atoms with Gasteiger partial charge in [-0.15, -0.1) is 0 Å². The van der Waals surface area contributed by atoms with Crippen LogP contribution in [0.2, 0.25) is 0 Å². The van der Waals surface area contributed by atoms with Crippen molar-refractivity contribution in [3.63, 3.8) is 0 Å². The molecule has 0 saturated heterocycles. The third-order valence-electron chi connectivity index (χ3n) is 4.67. The van der Waals surface area contributed by atoms with Crippen LogP contribution in [0.3, 0.4) is 0 Å². The molecule has 130 valence electrons. The van der Waals surface area contributed by atoms with Crippen LogP contribution in [0.4, 0.5) is 0 Å². The number of nitrogens with zero attached hydrogens (tertiary/aromatic N) is 1. The average molecular weight is 335 g/mol. The van der Waals surface area contributed by atoms with Gasteiger partial charge in [-0.3, -0.25) is 4.90 Å². The SMILES string of the molecule is OCCN(CCO)C(Cc1ccccc1)c1cccc2ccccc12. The maximum absolute atomic E-state index is 9.52. The number of hydrogen-bond acceptors (Lipinski definition) is 3. The number of aliphatic hydroxyl groups is 2. The third kappa shape index (κ3) is 4.26. The van der Waals surface area contributed by atoms with E-state index in [2.05, 4.69) is 71.6 Å². The lowest BCUT2D eigenvalue weighted by Gasteiger charge is -2.32. The maximum atomic E-state index is 9.52. The molecule has 1 atom stereocenters. The van der Waals surface area contributed by atoms with Gasteiger partial charge in [0.25, 0.3) is 0 Å². The summed E-state index contributed by atoms with van der Waals surface area (Å²) in [6, 6.07) is 25.3. The van der Waals surface area contributed by atoms with Crippen molar-refractivity contribution in [3.8, 4) is 0 Å². The molecule has 0 aliphatic carbocycles. The zero-order valence-corrected chi connectivity index (χ0v) is 14.4. The molecule has 0 aliphatic heterocycles. The summed E-state index contributed by atoms with van der Waals surface area (Å²) < 4.78 is 0. The molecule has 0 aromatic heterocycles. The molecule has 0 heterocycles. The number of rotatable bonds is 8. The van der Waals surface area contributed by atoms with Gasteiger partial charge in [-0.1, -0.05) is 72.8 Å². The van der Waals surface area contributed by atoms with Gasteiger partial charge in [0.2, 0.25) is 0 Å². The Morgan fingerprint density at radius 1 is 0.720 bits per heavy atom. The summed E-state index contributed by atoms with van der Waals surface area (Å²) in [7, 11) is 0. The summed E-state index contributed by atoms with van der Waals surface area (Å²) in [6.07, 6.45) is 0.842. The molecule has 3 rings (SSSR count). The van der Waals surface area contributed by atoms with Crippen molar-refractivity contribution in [2.24, 2.45) is 0 Å². The molecule has 25 heavy (non-hydrogen) atoms. The summed E-state index contributed by atoms with van der Waals surface area (Å²) in [5.74, 6) is 0. The van der Waals surface area contributed by atoms with Gasteiger partial charge >= 0.3 is 0 Å². The Kier molecular flexibility index (Phi) is 6.18. The molecule has 0 fully saturated rings. The Balaban J connectivity index is 2.05. The minimum atomic E-state index is 0.0794. The second-order valence-corrected chi connectivity index (χ2v) is 6.26. The van der Waals surface area contributed by atoms with E-state index >= 15 is 0 Å². The van der Waals surface area contributed by atoms with Gasteiger partial charge in [-0.25, -0.2) is 0 Å². The summed E-state index contributed by atoms with van der Waals surface area (Å²) in [5.41, 5.74) is 2.49. The van der Waals surface area contributed by atoms with Crippen molar-refractivity contribution in [3.05, 3.63) is 83.9 Å². The fourth-order valence-corrected chi connectivity index (χ4v) is 3.49. The lowest BCUT2D eigenvalue weighted by molar-refractivity contribution is 0.121. The highest BCUT2D eigenvalue weighted by Crippen LogP contribution is 2.31. The average Bonchev–Trinajstić information content (AvgIpc) is 2.66. The lowest BCUT2D eigenvalue weighted by atomic mass is 9.93. The summed E-state index contributed by atoms with van der Waals surface area (Å²) in [6.45, 7) is 1.24. The number of hydrogen-bond donors (Lipinski definition) is 2. The van der Waals surface area contributed by atoms with Gasteiger partial charge in [0.15, 0.2) is 0 Å². The van der Waals surface area contributed by atoms with Gasteiger partial charge in [0.05, 0.1) is 13.2 Å². The monoisotopic (exact) mass is 335 g/mol. The highest BCUT2D eigenvalue weighted by Gasteiger charge is 2.22. The van der Waals surface area contributed by atoms with E-state index in [1.165, 1.54) is 21.9 Å². The third-order valence-corrected chi connectivity index (χ3v) is 4.67. The van der Waals surface area contributed by atoms with E-state index in [1.807, 2.05) is 6.07 Å². The second kappa shape index (κ2) is 8.77. The first-order chi connectivity index (χ1) is 12.3. The van der Waals surface area contributed by atoms with Gasteiger partial charge in [0.1, 0.15) is 0 Å². The van der Waals surface area contributed by atoms with E-state index < -0.39 is 0 Å². The first kappa shape index (κ1) is 17.6. The number of aliphatic hydroxyl groups excluding tert-OH is 2. The molecule has 0 aliphatic rings. The van der Waals surface area contributed by atoms with Crippen molar-refractivity contribution in [1.29, 1.82) is 0 Å². The molecular formula is C22H25NO2. The fourth-order valence-electron chi connectivity index (χ4n) is 3.49. The van der Waals surface area contributed by atoms with Crippen LogP contribution >= 0.6 is 0 Å². The molecule has 1 unspecified atom stereocenters. The smallest absolute Gasteiger partial charge is 0.0558 e. The Morgan fingerprint density at radius 2 is 1.36 bits per heavy atom. The summed E-state index contributed by atoms with van der Waals surface area (Å²) >= 11 is 0. The number of fused-ring (bicyclic) bond motifs is 1. The molecule has 0 radical (unpaired) electrons. The van der Waals surface area contributed by atoms with Crippen LogP contribution in [-0.4, -0.2) is 41.4 Å². The summed E-state index contributed by atoms with van der Waals surface area (Å²) in [5, 5.41) is 21.5. The van der Waals surface area contributed by atoms with E-state index in [4.69, 9.17) is 0 Å². The lowest BCUT2D eigenvalue weighted by Crippen LogP contribution is -2.35. The van der Waals surface area contributed by atoms with Crippen LogP contribution in [0.25, 0.3) is 10.8 Å². The van der Waals surface area contributed by atoms with Crippen LogP contribution < -0.4 is 0 Å². The van der Waals surface area contributed by atoms with Crippen molar-refractivity contribution < 1.29 is 10.2 Å². The molecular weight excluding hydrogens is 310 g/mol. The van der Waals surface area contributed by atoms with Crippen LogP contribution in [-0.2, 0) is 6.42 Å².